The van der Waals surface area contributed by atoms with Gasteiger partial charge in [0.05, 0.1) is 21.3 Å². The molecule has 0 aliphatic heterocycles. The van der Waals surface area contributed by atoms with Crippen molar-refractivity contribution in [3.63, 3.8) is 0 Å². The molecule has 0 spiro atoms. The average Bonchev–Trinajstić information content (AvgIpc) is 2.67. The summed E-state index contributed by atoms with van der Waals surface area (Å²) in [4.78, 5) is 25.4. The topological polar surface area (TPSA) is 64.0 Å². The number of nitrogens with one attached hydrogen (secondary N) is 1. The molecular formula is C20H17Cl2N3O2. The molecule has 0 bridgehead atoms. The molecule has 2 aromatic carbocycles. The molecule has 0 amide bonds. The van der Waals surface area contributed by atoms with Crippen LogP contribution in [0.4, 0.5) is 11.4 Å². The van der Waals surface area contributed by atoms with Gasteiger partial charge in [-0.15, -0.1) is 0 Å². The molecule has 138 valence electrons. The molecule has 0 saturated carbocycles. The maximum Gasteiger partial charge on any atom is 0.291 e. The summed E-state index contributed by atoms with van der Waals surface area (Å²) >= 11 is 12.3. The minimum absolute atomic E-state index is 0.127. The lowest BCUT2D eigenvalue weighted by Crippen LogP contribution is -2.28. The Morgan fingerprint density at radius 1 is 1.11 bits per heavy atom. The van der Waals surface area contributed by atoms with Crippen molar-refractivity contribution in [3.05, 3.63) is 74.5 Å². The van der Waals surface area contributed by atoms with Crippen LogP contribution in [0.5, 0.6) is 0 Å². The van der Waals surface area contributed by atoms with E-state index in [1.54, 1.807) is 18.2 Å². The summed E-state index contributed by atoms with van der Waals surface area (Å²) in [7, 11) is 0. The van der Waals surface area contributed by atoms with Crippen LogP contribution in [0.15, 0.2) is 53.3 Å². The van der Waals surface area contributed by atoms with E-state index in [1.165, 1.54) is 11.6 Å². The number of hydrogen-bond donors (Lipinski definition) is 1. The van der Waals surface area contributed by atoms with E-state index < -0.39 is 5.56 Å². The van der Waals surface area contributed by atoms with Gasteiger partial charge in [-0.05, 0) is 26.0 Å². The third kappa shape index (κ3) is 3.75. The van der Waals surface area contributed by atoms with Gasteiger partial charge in [-0.3, -0.25) is 9.59 Å². The molecule has 5 nitrogen and oxygen atoms in total. The van der Waals surface area contributed by atoms with Crippen molar-refractivity contribution in [2.45, 2.75) is 20.4 Å². The van der Waals surface area contributed by atoms with Gasteiger partial charge < -0.3 is 5.32 Å². The van der Waals surface area contributed by atoms with Gasteiger partial charge in [0.25, 0.3) is 5.56 Å². The first-order valence-corrected chi connectivity index (χ1v) is 9.12. The number of Topliss-reactive ketones (excluding diaryl/α,β-unsaturated/α-hetero) is 1. The van der Waals surface area contributed by atoms with Crippen molar-refractivity contribution in [2.75, 3.05) is 5.32 Å². The number of aromatic nitrogens is 2. The van der Waals surface area contributed by atoms with Crippen molar-refractivity contribution in [1.82, 2.24) is 9.78 Å². The summed E-state index contributed by atoms with van der Waals surface area (Å²) in [6, 6.07) is 14.3. The van der Waals surface area contributed by atoms with E-state index in [0.29, 0.717) is 22.9 Å². The van der Waals surface area contributed by atoms with Crippen LogP contribution < -0.4 is 10.9 Å². The minimum Gasteiger partial charge on any atom is -0.349 e. The van der Waals surface area contributed by atoms with E-state index in [1.807, 2.05) is 37.3 Å². The second-order valence-corrected chi connectivity index (χ2v) is 6.65. The van der Waals surface area contributed by atoms with Crippen LogP contribution in [0.3, 0.4) is 0 Å². The monoisotopic (exact) mass is 401 g/mol. The Bertz CT molecular complexity index is 1060. The summed E-state index contributed by atoms with van der Waals surface area (Å²) in [6.07, 6.45) is 0. The first-order chi connectivity index (χ1) is 12.9. The summed E-state index contributed by atoms with van der Waals surface area (Å²) in [5.41, 5.74) is 1.56. The summed E-state index contributed by atoms with van der Waals surface area (Å²) in [5.74, 6) is -0.276. The normalized spacial score (nSPS) is 10.7. The third-order valence-electron chi connectivity index (χ3n) is 4.07. The highest BCUT2D eigenvalue weighted by Crippen LogP contribution is 2.33. The van der Waals surface area contributed by atoms with Gasteiger partial charge >= 0.3 is 0 Å². The van der Waals surface area contributed by atoms with Gasteiger partial charge in [0.1, 0.15) is 11.4 Å². The summed E-state index contributed by atoms with van der Waals surface area (Å²) in [5, 5.41) is 8.03. The Morgan fingerprint density at radius 3 is 2.44 bits per heavy atom. The molecule has 3 aromatic rings. The Morgan fingerprint density at radius 2 is 1.81 bits per heavy atom. The second kappa shape index (κ2) is 7.94. The van der Waals surface area contributed by atoms with Gasteiger partial charge in [0.2, 0.25) is 0 Å². The minimum atomic E-state index is -0.404. The van der Waals surface area contributed by atoms with Crippen molar-refractivity contribution in [3.8, 4) is 11.3 Å². The van der Waals surface area contributed by atoms with Gasteiger partial charge in [-0.2, -0.15) is 5.10 Å². The highest BCUT2D eigenvalue weighted by Gasteiger charge is 2.22. The fourth-order valence-corrected chi connectivity index (χ4v) is 3.12. The fourth-order valence-electron chi connectivity index (χ4n) is 2.78. The zero-order chi connectivity index (χ0) is 19.6. The molecule has 7 heteroatoms. The number of carbonyl (C=O) groups is 1. The van der Waals surface area contributed by atoms with E-state index >= 15 is 0 Å². The Hall–Kier alpha value is -2.63. The molecule has 0 radical (unpaired) electrons. The number of ketones is 1. The maximum absolute atomic E-state index is 12.9. The lowest BCUT2D eigenvalue weighted by molar-refractivity contribution is 0.101. The maximum atomic E-state index is 12.9. The van der Waals surface area contributed by atoms with Crippen molar-refractivity contribution >= 4 is 40.4 Å². The summed E-state index contributed by atoms with van der Waals surface area (Å²) in [6.45, 7) is 3.57. The van der Waals surface area contributed by atoms with Crippen LogP contribution in [-0.4, -0.2) is 15.6 Å². The van der Waals surface area contributed by atoms with Crippen LogP contribution in [0.25, 0.3) is 11.3 Å². The third-order valence-corrected chi connectivity index (χ3v) is 4.88. The van der Waals surface area contributed by atoms with E-state index in [-0.39, 0.29) is 22.1 Å². The van der Waals surface area contributed by atoms with Crippen LogP contribution in [-0.2, 0) is 6.54 Å². The van der Waals surface area contributed by atoms with Crippen LogP contribution in [0.2, 0.25) is 10.0 Å². The lowest BCUT2D eigenvalue weighted by Gasteiger charge is -2.17. The Kier molecular flexibility index (Phi) is 5.63. The smallest absolute Gasteiger partial charge is 0.291 e. The van der Waals surface area contributed by atoms with Crippen molar-refractivity contribution in [2.24, 2.45) is 0 Å². The average molecular weight is 402 g/mol. The highest BCUT2D eigenvalue weighted by molar-refractivity contribution is 6.43. The quantitative estimate of drug-likeness (QED) is 0.597. The zero-order valence-electron chi connectivity index (χ0n) is 14.8. The molecule has 0 saturated heterocycles. The highest BCUT2D eigenvalue weighted by atomic mass is 35.5. The van der Waals surface area contributed by atoms with Crippen LogP contribution in [0.1, 0.15) is 24.2 Å². The number of aryl methyl sites for hydroxylation is 1. The molecule has 1 N–H and O–H groups in total. The summed E-state index contributed by atoms with van der Waals surface area (Å²) < 4.78 is 1.32. The molecule has 0 aliphatic carbocycles. The number of benzene rings is 2. The molecule has 27 heavy (non-hydrogen) atoms. The van der Waals surface area contributed by atoms with Crippen molar-refractivity contribution in [1.29, 1.82) is 0 Å². The fraction of sp³-hybridized carbons (Fsp3) is 0.150. The predicted molar refractivity (Wildman–Crippen MR) is 109 cm³/mol. The van der Waals surface area contributed by atoms with Crippen molar-refractivity contribution < 1.29 is 4.79 Å². The number of nitrogens with zero attached hydrogens (tertiary/aromatic N) is 2. The van der Waals surface area contributed by atoms with Gasteiger partial charge in [-0.25, -0.2) is 4.68 Å². The molecule has 0 unspecified atom stereocenters. The zero-order valence-corrected chi connectivity index (χ0v) is 16.3. The lowest BCUT2D eigenvalue weighted by atomic mass is 10.0. The number of carbonyl (C=O) groups excluding carboxylic acids is 1. The van der Waals surface area contributed by atoms with Crippen LogP contribution in [0, 0.1) is 0 Å². The van der Waals surface area contributed by atoms with E-state index in [9.17, 15) is 9.59 Å². The van der Waals surface area contributed by atoms with Gasteiger partial charge in [0.15, 0.2) is 5.78 Å². The standard InChI is InChI=1S/C20H17Cl2N3O2/c1-3-25-20(27)19(23-15-11-7-10-14(21)17(15)22)16(12(2)26)18(24-25)13-8-5-4-6-9-13/h4-11,23H,3H2,1-2H3. The molecular weight excluding hydrogens is 385 g/mol. The van der Waals surface area contributed by atoms with E-state index in [4.69, 9.17) is 23.2 Å². The molecule has 0 atom stereocenters. The van der Waals surface area contributed by atoms with E-state index in [2.05, 4.69) is 10.4 Å². The van der Waals surface area contributed by atoms with Crippen LogP contribution >= 0.6 is 23.2 Å². The van der Waals surface area contributed by atoms with Gasteiger partial charge in [-0.1, -0.05) is 59.6 Å². The number of hydrogen-bond acceptors (Lipinski definition) is 4. The second-order valence-electron chi connectivity index (χ2n) is 5.87. The molecule has 1 aromatic heterocycles. The number of halogens is 2. The Balaban J connectivity index is 2.30. The predicted octanol–water partition coefficient (Wildman–Crippen LogP) is 5.18. The first-order valence-electron chi connectivity index (χ1n) is 8.36. The molecule has 3 rings (SSSR count). The first kappa shape index (κ1) is 19.1. The largest absolute Gasteiger partial charge is 0.349 e. The number of anilines is 2. The molecule has 0 fully saturated rings. The number of rotatable bonds is 5. The van der Waals surface area contributed by atoms with Gasteiger partial charge in [0, 0.05) is 12.1 Å². The van der Waals surface area contributed by atoms with E-state index in [0.717, 1.165) is 5.56 Å². The SMILES string of the molecule is CCn1nc(-c2ccccc2)c(C(C)=O)c(Nc2cccc(Cl)c2Cl)c1=O. The molecule has 1 heterocycles. The molecule has 0 aliphatic rings. The Labute approximate surface area is 166 Å².